The number of benzene rings is 1. The Hall–Kier alpha value is -1.35. The summed E-state index contributed by atoms with van der Waals surface area (Å²) in [4.78, 5) is 5.34. The number of aliphatic hydroxyl groups is 1. The number of hydrogen-bond acceptors (Lipinski definition) is 3. The molecule has 3 nitrogen and oxygen atoms in total. The van der Waals surface area contributed by atoms with E-state index < -0.39 is 5.60 Å². The van der Waals surface area contributed by atoms with Crippen LogP contribution in [-0.4, -0.2) is 22.5 Å². The van der Waals surface area contributed by atoms with Gasteiger partial charge in [-0.1, -0.05) is 41.9 Å². The predicted octanol–water partition coefficient (Wildman–Crippen LogP) is 2.65. The van der Waals surface area contributed by atoms with Crippen LogP contribution in [0.1, 0.15) is 37.8 Å². The summed E-state index contributed by atoms with van der Waals surface area (Å²) in [6, 6.07) is 8.20. The van der Waals surface area contributed by atoms with Gasteiger partial charge in [0.2, 0.25) is 0 Å². The third-order valence-electron chi connectivity index (χ3n) is 3.46. The minimum Gasteiger partial charge on any atom is -0.389 e. The van der Waals surface area contributed by atoms with Crippen molar-refractivity contribution in [2.24, 2.45) is 5.16 Å². The van der Waals surface area contributed by atoms with Crippen molar-refractivity contribution in [3.63, 3.8) is 0 Å². The number of rotatable bonds is 3. The van der Waals surface area contributed by atoms with Crippen LogP contribution in [-0.2, 0) is 4.84 Å². The van der Waals surface area contributed by atoms with Gasteiger partial charge < -0.3 is 9.94 Å². The average Bonchev–Trinajstić information content (AvgIpc) is 2.80. The molecule has 1 aliphatic heterocycles. The Kier molecular flexibility index (Phi) is 3.20. The quantitative estimate of drug-likeness (QED) is 0.872. The Labute approximate surface area is 102 Å². The zero-order valence-electron chi connectivity index (χ0n) is 10.6. The molecule has 0 amide bonds. The number of aryl methyl sites for hydroxylation is 1. The number of hydrogen-bond donors (Lipinski definition) is 1. The van der Waals surface area contributed by atoms with Crippen LogP contribution in [0.25, 0.3) is 0 Å². The van der Waals surface area contributed by atoms with Crippen LogP contribution in [0.5, 0.6) is 0 Å². The van der Waals surface area contributed by atoms with Gasteiger partial charge >= 0.3 is 0 Å². The first kappa shape index (κ1) is 12.1. The summed E-state index contributed by atoms with van der Waals surface area (Å²) in [6.45, 7) is 5.81. The molecule has 1 N–H and O–H groups in total. The number of oxime groups is 1. The van der Waals surface area contributed by atoms with Gasteiger partial charge in [-0.25, -0.2) is 0 Å². The SMILES string of the molecule is CC[C@@](C)(O)[C@H]1CC(c2ccc(C)cc2)=NO1. The zero-order chi connectivity index (χ0) is 12.5. The average molecular weight is 233 g/mol. The normalized spacial score (nSPS) is 22.8. The Morgan fingerprint density at radius 1 is 1.41 bits per heavy atom. The van der Waals surface area contributed by atoms with Gasteiger partial charge in [-0.2, -0.15) is 0 Å². The first-order valence-electron chi connectivity index (χ1n) is 6.05. The highest BCUT2D eigenvalue weighted by molar-refractivity contribution is 6.01. The molecule has 17 heavy (non-hydrogen) atoms. The van der Waals surface area contributed by atoms with Crippen molar-refractivity contribution in [3.8, 4) is 0 Å². The van der Waals surface area contributed by atoms with Crippen LogP contribution in [0.4, 0.5) is 0 Å². The van der Waals surface area contributed by atoms with Crippen LogP contribution in [0.15, 0.2) is 29.4 Å². The third kappa shape index (κ3) is 2.50. The first-order valence-corrected chi connectivity index (χ1v) is 6.05. The molecule has 92 valence electrons. The summed E-state index contributed by atoms with van der Waals surface area (Å²) in [5.74, 6) is 0. The topological polar surface area (TPSA) is 41.8 Å². The highest BCUT2D eigenvalue weighted by Gasteiger charge is 2.37. The van der Waals surface area contributed by atoms with Crippen molar-refractivity contribution in [2.45, 2.75) is 45.3 Å². The van der Waals surface area contributed by atoms with Crippen LogP contribution >= 0.6 is 0 Å². The van der Waals surface area contributed by atoms with Crippen molar-refractivity contribution in [1.82, 2.24) is 0 Å². The summed E-state index contributed by atoms with van der Waals surface area (Å²) in [6.07, 6.45) is 1.10. The van der Waals surface area contributed by atoms with E-state index in [0.717, 1.165) is 11.3 Å². The fraction of sp³-hybridized carbons (Fsp3) is 0.500. The van der Waals surface area contributed by atoms with Gasteiger partial charge in [0.05, 0.1) is 5.71 Å². The molecule has 0 unspecified atom stereocenters. The molecular weight excluding hydrogens is 214 g/mol. The molecular formula is C14H19NO2. The highest BCUT2D eigenvalue weighted by atomic mass is 16.7. The van der Waals surface area contributed by atoms with Crippen LogP contribution < -0.4 is 0 Å². The van der Waals surface area contributed by atoms with Crippen molar-refractivity contribution < 1.29 is 9.94 Å². The van der Waals surface area contributed by atoms with E-state index in [9.17, 15) is 5.11 Å². The molecule has 1 aromatic rings. The summed E-state index contributed by atoms with van der Waals surface area (Å²) < 4.78 is 0. The molecule has 3 heteroatoms. The molecule has 0 fully saturated rings. The maximum Gasteiger partial charge on any atom is 0.161 e. The molecule has 0 radical (unpaired) electrons. The molecule has 2 rings (SSSR count). The Balaban J connectivity index is 2.10. The zero-order valence-corrected chi connectivity index (χ0v) is 10.6. The minimum absolute atomic E-state index is 0.233. The van der Waals surface area contributed by atoms with E-state index in [1.54, 1.807) is 6.92 Å². The van der Waals surface area contributed by atoms with E-state index in [4.69, 9.17) is 4.84 Å². The van der Waals surface area contributed by atoms with E-state index in [0.29, 0.717) is 12.8 Å². The van der Waals surface area contributed by atoms with Crippen molar-refractivity contribution >= 4 is 5.71 Å². The van der Waals surface area contributed by atoms with Gasteiger partial charge in [-0.3, -0.25) is 0 Å². The monoisotopic (exact) mass is 233 g/mol. The van der Waals surface area contributed by atoms with E-state index in [-0.39, 0.29) is 6.10 Å². The van der Waals surface area contributed by atoms with E-state index in [1.165, 1.54) is 5.56 Å². The van der Waals surface area contributed by atoms with Crippen LogP contribution in [0, 0.1) is 6.92 Å². The van der Waals surface area contributed by atoms with Crippen molar-refractivity contribution in [3.05, 3.63) is 35.4 Å². The second-order valence-electron chi connectivity index (χ2n) is 4.91. The Bertz CT molecular complexity index is 420. The summed E-state index contributed by atoms with van der Waals surface area (Å²) in [7, 11) is 0. The molecule has 1 aromatic carbocycles. The van der Waals surface area contributed by atoms with E-state index in [2.05, 4.69) is 24.2 Å². The van der Waals surface area contributed by atoms with E-state index in [1.807, 2.05) is 19.1 Å². The van der Waals surface area contributed by atoms with Crippen LogP contribution in [0.2, 0.25) is 0 Å². The Morgan fingerprint density at radius 2 is 2.06 bits per heavy atom. The largest absolute Gasteiger partial charge is 0.389 e. The lowest BCUT2D eigenvalue weighted by atomic mass is 9.91. The highest BCUT2D eigenvalue weighted by Crippen LogP contribution is 2.27. The molecule has 0 aliphatic carbocycles. The fourth-order valence-electron chi connectivity index (χ4n) is 1.85. The molecule has 0 bridgehead atoms. The minimum atomic E-state index is -0.810. The maximum atomic E-state index is 10.1. The maximum absolute atomic E-state index is 10.1. The molecule has 0 saturated carbocycles. The molecule has 0 aromatic heterocycles. The first-order chi connectivity index (χ1) is 8.03. The second-order valence-corrected chi connectivity index (χ2v) is 4.91. The second kappa shape index (κ2) is 4.49. The predicted molar refractivity (Wildman–Crippen MR) is 68.1 cm³/mol. The lowest BCUT2D eigenvalue weighted by Crippen LogP contribution is -2.38. The summed E-state index contributed by atoms with van der Waals surface area (Å²) in [5, 5.41) is 14.2. The third-order valence-corrected chi connectivity index (χ3v) is 3.46. The van der Waals surface area contributed by atoms with Gasteiger partial charge in [0.25, 0.3) is 0 Å². The number of nitrogens with zero attached hydrogens (tertiary/aromatic N) is 1. The standard InChI is InChI=1S/C14H19NO2/c1-4-14(3,16)13-9-12(15-17-13)11-7-5-10(2)6-8-11/h5-8,13,16H,4,9H2,1-3H3/t13-,14-/m1/s1. The van der Waals surface area contributed by atoms with Gasteiger partial charge in [-0.05, 0) is 25.8 Å². The van der Waals surface area contributed by atoms with Gasteiger partial charge in [-0.15, -0.1) is 0 Å². The van der Waals surface area contributed by atoms with Gasteiger partial charge in [0.1, 0.15) is 5.60 Å². The van der Waals surface area contributed by atoms with Gasteiger partial charge in [0, 0.05) is 6.42 Å². The van der Waals surface area contributed by atoms with Crippen molar-refractivity contribution in [2.75, 3.05) is 0 Å². The molecule has 2 atom stereocenters. The van der Waals surface area contributed by atoms with Crippen LogP contribution in [0.3, 0.4) is 0 Å². The Morgan fingerprint density at radius 3 is 2.65 bits per heavy atom. The lowest BCUT2D eigenvalue weighted by molar-refractivity contribution is -0.0854. The van der Waals surface area contributed by atoms with Gasteiger partial charge in [0.15, 0.2) is 6.10 Å². The summed E-state index contributed by atoms with van der Waals surface area (Å²) in [5.41, 5.74) is 2.41. The molecule has 0 spiro atoms. The smallest absolute Gasteiger partial charge is 0.161 e. The van der Waals surface area contributed by atoms with Crippen molar-refractivity contribution in [1.29, 1.82) is 0 Å². The van der Waals surface area contributed by atoms with E-state index >= 15 is 0 Å². The molecule has 1 heterocycles. The fourth-order valence-corrected chi connectivity index (χ4v) is 1.85. The molecule has 0 saturated heterocycles. The summed E-state index contributed by atoms with van der Waals surface area (Å²) >= 11 is 0. The molecule has 1 aliphatic rings. The lowest BCUT2D eigenvalue weighted by Gasteiger charge is -2.26.